The SMILES string of the molecule is O=C(Cc1ccc2c(c1)OCO2)N1CCC[C@](CO)(CCOc2ccccc2)C1. The summed E-state index contributed by atoms with van der Waals surface area (Å²) < 4.78 is 16.6. The van der Waals surface area contributed by atoms with Gasteiger partial charge in [-0.15, -0.1) is 0 Å². The van der Waals surface area contributed by atoms with Crippen LogP contribution in [0.15, 0.2) is 48.5 Å². The Hall–Kier alpha value is -2.73. The zero-order valence-electron chi connectivity index (χ0n) is 16.5. The normalized spacial score (nSPS) is 20.5. The molecule has 2 aliphatic rings. The van der Waals surface area contributed by atoms with Gasteiger partial charge in [-0.2, -0.15) is 0 Å². The minimum absolute atomic E-state index is 0.0545. The molecule has 154 valence electrons. The van der Waals surface area contributed by atoms with Crippen molar-refractivity contribution in [2.45, 2.75) is 25.7 Å². The minimum atomic E-state index is -0.308. The number of hydrogen-bond donors (Lipinski definition) is 1. The monoisotopic (exact) mass is 397 g/mol. The molecule has 1 amide bonds. The summed E-state index contributed by atoms with van der Waals surface area (Å²) in [4.78, 5) is 14.8. The number of rotatable bonds is 7. The molecular formula is C23H27NO5. The Bertz CT molecular complexity index is 840. The van der Waals surface area contributed by atoms with Gasteiger partial charge in [0, 0.05) is 18.5 Å². The van der Waals surface area contributed by atoms with Gasteiger partial charge in [-0.1, -0.05) is 24.3 Å². The summed E-state index contributed by atoms with van der Waals surface area (Å²) in [6.45, 7) is 2.09. The lowest BCUT2D eigenvalue weighted by molar-refractivity contribution is -0.135. The lowest BCUT2D eigenvalue weighted by atomic mass is 9.78. The molecule has 2 aromatic rings. The van der Waals surface area contributed by atoms with Crippen molar-refractivity contribution in [1.82, 2.24) is 4.90 Å². The van der Waals surface area contributed by atoms with E-state index < -0.39 is 0 Å². The Morgan fingerprint density at radius 2 is 1.97 bits per heavy atom. The van der Waals surface area contributed by atoms with E-state index in [1.165, 1.54) is 0 Å². The molecule has 0 spiro atoms. The lowest BCUT2D eigenvalue weighted by Gasteiger charge is -2.42. The summed E-state index contributed by atoms with van der Waals surface area (Å²) in [7, 11) is 0. The molecule has 2 aromatic carbocycles. The predicted molar refractivity (Wildman–Crippen MR) is 108 cm³/mol. The molecule has 6 nitrogen and oxygen atoms in total. The van der Waals surface area contributed by atoms with E-state index in [1.54, 1.807) is 0 Å². The van der Waals surface area contributed by atoms with Gasteiger partial charge in [-0.05, 0) is 49.1 Å². The molecule has 1 N–H and O–H groups in total. The first-order valence-electron chi connectivity index (χ1n) is 10.1. The molecule has 29 heavy (non-hydrogen) atoms. The molecule has 0 aliphatic carbocycles. The van der Waals surface area contributed by atoms with E-state index in [9.17, 15) is 9.90 Å². The number of carbonyl (C=O) groups excluding carboxylic acids is 1. The molecular weight excluding hydrogens is 370 g/mol. The smallest absolute Gasteiger partial charge is 0.231 e. The van der Waals surface area contributed by atoms with Crippen molar-refractivity contribution in [3.8, 4) is 17.2 Å². The molecule has 4 rings (SSSR count). The van der Waals surface area contributed by atoms with Crippen LogP contribution < -0.4 is 14.2 Å². The van der Waals surface area contributed by atoms with Gasteiger partial charge in [0.05, 0.1) is 19.6 Å². The van der Waals surface area contributed by atoms with Gasteiger partial charge < -0.3 is 24.2 Å². The van der Waals surface area contributed by atoms with Crippen LogP contribution in [0.2, 0.25) is 0 Å². The molecule has 2 heterocycles. The number of benzene rings is 2. The van der Waals surface area contributed by atoms with Crippen LogP contribution in [-0.2, 0) is 11.2 Å². The van der Waals surface area contributed by atoms with Gasteiger partial charge in [0.15, 0.2) is 11.5 Å². The highest BCUT2D eigenvalue weighted by Gasteiger charge is 2.36. The van der Waals surface area contributed by atoms with Crippen molar-refractivity contribution < 1.29 is 24.1 Å². The minimum Gasteiger partial charge on any atom is -0.494 e. The number of amides is 1. The van der Waals surface area contributed by atoms with Gasteiger partial charge in [-0.25, -0.2) is 0 Å². The van der Waals surface area contributed by atoms with Crippen LogP contribution in [0, 0.1) is 5.41 Å². The topological polar surface area (TPSA) is 68.2 Å². The van der Waals surface area contributed by atoms with Crippen LogP contribution in [-0.4, -0.2) is 49.0 Å². The van der Waals surface area contributed by atoms with Crippen LogP contribution in [0.3, 0.4) is 0 Å². The molecule has 0 unspecified atom stereocenters. The molecule has 1 saturated heterocycles. The van der Waals surface area contributed by atoms with Gasteiger partial charge in [0.1, 0.15) is 5.75 Å². The van der Waals surface area contributed by atoms with E-state index in [4.69, 9.17) is 14.2 Å². The van der Waals surface area contributed by atoms with Gasteiger partial charge >= 0.3 is 0 Å². The number of aliphatic hydroxyl groups excluding tert-OH is 1. The van der Waals surface area contributed by atoms with Crippen molar-refractivity contribution in [1.29, 1.82) is 0 Å². The first kappa shape index (κ1) is 19.6. The van der Waals surface area contributed by atoms with Crippen molar-refractivity contribution in [3.63, 3.8) is 0 Å². The Morgan fingerprint density at radius 3 is 2.79 bits per heavy atom. The van der Waals surface area contributed by atoms with Crippen molar-refractivity contribution >= 4 is 5.91 Å². The van der Waals surface area contributed by atoms with Gasteiger partial charge in [0.2, 0.25) is 12.7 Å². The quantitative estimate of drug-likeness (QED) is 0.778. The van der Waals surface area contributed by atoms with Crippen LogP contribution in [0.4, 0.5) is 0 Å². The van der Waals surface area contributed by atoms with Crippen molar-refractivity contribution in [3.05, 3.63) is 54.1 Å². The zero-order chi connectivity index (χ0) is 20.1. The Labute approximate surface area is 171 Å². The first-order chi connectivity index (χ1) is 14.2. The number of aliphatic hydroxyl groups is 1. The third kappa shape index (κ3) is 4.65. The van der Waals surface area contributed by atoms with Gasteiger partial charge in [0.25, 0.3) is 0 Å². The molecule has 1 atom stereocenters. The third-order valence-electron chi connectivity index (χ3n) is 5.79. The molecule has 0 bridgehead atoms. The number of para-hydroxylation sites is 1. The van der Waals surface area contributed by atoms with Crippen molar-refractivity contribution in [2.24, 2.45) is 5.41 Å². The largest absolute Gasteiger partial charge is 0.494 e. The average molecular weight is 397 g/mol. The maximum absolute atomic E-state index is 12.9. The standard InChI is InChI=1S/C23H27NO5/c25-16-23(10-12-27-19-5-2-1-3-6-19)9-4-11-24(15-23)22(26)14-18-7-8-20-21(13-18)29-17-28-20/h1-3,5-8,13,25H,4,9-12,14-17H2/t23-/m0/s1. The molecule has 6 heteroatoms. The summed E-state index contributed by atoms with van der Waals surface area (Å²) in [6.07, 6.45) is 2.82. The summed E-state index contributed by atoms with van der Waals surface area (Å²) in [6, 6.07) is 15.3. The van der Waals surface area contributed by atoms with E-state index in [0.717, 1.165) is 36.4 Å². The first-order valence-corrected chi connectivity index (χ1v) is 10.1. The van der Waals surface area contributed by atoms with Crippen molar-refractivity contribution in [2.75, 3.05) is 33.1 Å². The number of fused-ring (bicyclic) bond motifs is 1. The fraction of sp³-hybridized carbons (Fsp3) is 0.435. The second-order valence-electron chi connectivity index (χ2n) is 7.85. The van der Waals surface area contributed by atoms with Crippen LogP contribution >= 0.6 is 0 Å². The van der Waals surface area contributed by atoms with E-state index >= 15 is 0 Å². The summed E-state index contributed by atoms with van der Waals surface area (Å²) in [5.74, 6) is 2.31. The van der Waals surface area contributed by atoms with Crippen LogP contribution in [0.5, 0.6) is 17.2 Å². The van der Waals surface area contributed by atoms with E-state index in [1.807, 2.05) is 53.4 Å². The highest BCUT2D eigenvalue weighted by molar-refractivity contribution is 5.79. The summed E-state index contributed by atoms with van der Waals surface area (Å²) in [5, 5.41) is 10.1. The van der Waals surface area contributed by atoms with Crippen LogP contribution in [0.1, 0.15) is 24.8 Å². The predicted octanol–water partition coefficient (Wildman–Crippen LogP) is 3.03. The second-order valence-corrected chi connectivity index (χ2v) is 7.85. The average Bonchev–Trinajstić information content (AvgIpc) is 3.22. The number of ether oxygens (including phenoxy) is 3. The second kappa shape index (κ2) is 8.74. The molecule has 2 aliphatic heterocycles. The maximum Gasteiger partial charge on any atom is 0.231 e. The molecule has 1 fully saturated rings. The molecule has 0 radical (unpaired) electrons. The number of likely N-dealkylation sites (tertiary alicyclic amines) is 1. The fourth-order valence-corrected chi connectivity index (χ4v) is 4.07. The van der Waals surface area contributed by atoms with E-state index in [2.05, 4.69) is 0 Å². The number of carbonyl (C=O) groups is 1. The highest BCUT2D eigenvalue weighted by Crippen LogP contribution is 2.35. The fourth-order valence-electron chi connectivity index (χ4n) is 4.07. The number of piperidine rings is 1. The summed E-state index contributed by atoms with van der Waals surface area (Å²) in [5.41, 5.74) is 0.601. The third-order valence-corrected chi connectivity index (χ3v) is 5.79. The van der Waals surface area contributed by atoms with E-state index in [0.29, 0.717) is 31.7 Å². The number of nitrogens with zero attached hydrogens (tertiary/aromatic N) is 1. The van der Waals surface area contributed by atoms with Gasteiger partial charge in [-0.3, -0.25) is 4.79 Å². The Kier molecular flexibility index (Phi) is 5.90. The maximum atomic E-state index is 12.9. The molecule has 0 saturated carbocycles. The number of hydrogen-bond acceptors (Lipinski definition) is 5. The lowest BCUT2D eigenvalue weighted by Crippen LogP contribution is -2.49. The molecule has 0 aromatic heterocycles. The summed E-state index contributed by atoms with van der Waals surface area (Å²) >= 11 is 0. The zero-order valence-corrected chi connectivity index (χ0v) is 16.5. The Morgan fingerprint density at radius 1 is 1.14 bits per heavy atom. The highest BCUT2D eigenvalue weighted by atomic mass is 16.7. The van der Waals surface area contributed by atoms with E-state index in [-0.39, 0.29) is 24.7 Å². The van der Waals surface area contributed by atoms with Crippen LogP contribution in [0.25, 0.3) is 0 Å². The Balaban J connectivity index is 1.34.